The number of piperidine rings is 1. The quantitative estimate of drug-likeness (QED) is 0.847. The molecule has 0 unspecified atom stereocenters. The first-order chi connectivity index (χ1) is 12.0. The van der Waals surface area contributed by atoms with Crippen molar-refractivity contribution in [1.82, 2.24) is 9.29 Å². The molecule has 2 heterocycles. The summed E-state index contributed by atoms with van der Waals surface area (Å²) in [5, 5.41) is 2.63. The molecular formula is C17H18FN3O3S. The average Bonchev–Trinajstić information content (AvgIpc) is 2.63. The SMILES string of the molecule is O=C(Nc1ccc(S(=O)(=O)N2CCCCC2)cc1)c1ccc(F)nc1. The minimum atomic E-state index is -3.50. The molecule has 1 aromatic heterocycles. The summed E-state index contributed by atoms with van der Waals surface area (Å²) in [4.78, 5) is 15.7. The van der Waals surface area contributed by atoms with E-state index >= 15 is 0 Å². The van der Waals surface area contributed by atoms with Gasteiger partial charge in [0.2, 0.25) is 16.0 Å². The molecule has 0 bridgehead atoms. The number of carbonyl (C=O) groups excluding carboxylic acids is 1. The molecule has 132 valence electrons. The van der Waals surface area contributed by atoms with E-state index in [-0.39, 0.29) is 10.5 Å². The normalized spacial score (nSPS) is 15.7. The third-order valence-electron chi connectivity index (χ3n) is 4.05. The van der Waals surface area contributed by atoms with Gasteiger partial charge in [-0.15, -0.1) is 0 Å². The van der Waals surface area contributed by atoms with Gasteiger partial charge in [0.05, 0.1) is 10.5 Å². The minimum Gasteiger partial charge on any atom is -0.322 e. The van der Waals surface area contributed by atoms with Gasteiger partial charge in [-0.05, 0) is 49.2 Å². The molecule has 3 rings (SSSR count). The fourth-order valence-electron chi connectivity index (χ4n) is 2.68. The van der Waals surface area contributed by atoms with Crippen molar-refractivity contribution in [3.8, 4) is 0 Å². The smallest absolute Gasteiger partial charge is 0.257 e. The molecule has 1 aromatic carbocycles. The van der Waals surface area contributed by atoms with Crippen LogP contribution < -0.4 is 5.32 Å². The highest BCUT2D eigenvalue weighted by Gasteiger charge is 2.25. The van der Waals surface area contributed by atoms with Crippen LogP contribution in [-0.2, 0) is 10.0 Å². The van der Waals surface area contributed by atoms with Crippen molar-refractivity contribution in [1.29, 1.82) is 0 Å². The Bertz CT molecular complexity index is 846. The maximum absolute atomic E-state index is 12.8. The van der Waals surface area contributed by atoms with Crippen molar-refractivity contribution in [2.24, 2.45) is 0 Å². The topological polar surface area (TPSA) is 79.4 Å². The largest absolute Gasteiger partial charge is 0.322 e. The second-order valence-corrected chi connectivity index (χ2v) is 7.75. The Balaban J connectivity index is 1.71. The number of benzene rings is 1. The predicted molar refractivity (Wildman–Crippen MR) is 91.2 cm³/mol. The number of carbonyl (C=O) groups is 1. The maximum Gasteiger partial charge on any atom is 0.257 e. The van der Waals surface area contributed by atoms with E-state index in [1.807, 2.05) is 0 Å². The molecule has 0 aliphatic carbocycles. The molecule has 1 fully saturated rings. The Labute approximate surface area is 145 Å². The van der Waals surface area contributed by atoms with E-state index in [0.29, 0.717) is 18.8 Å². The van der Waals surface area contributed by atoms with Crippen LogP contribution in [-0.4, -0.2) is 36.7 Å². The van der Waals surface area contributed by atoms with Crippen LogP contribution in [0, 0.1) is 5.95 Å². The van der Waals surface area contributed by atoms with E-state index in [9.17, 15) is 17.6 Å². The molecule has 6 nitrogen and oxygen atoms in total. The summed E-state index contributed by atoms with van der Waals surface area (Å²) in [7, 11) is -3.50. The number of sulfonamides is 1. The number of amides is 1. The highest BCUT2D eigenvalue weighted by Crippen LogP contribution is 2.22. The number of anilines is 1. The van der Waals surface area contributed by atoms with E-state index in [4.69, 9.17) is 0 Å². The summed E-state index contributed by atoms with van der Waals surface area (Å²) in [5.41, 5.74) is 0.665. The summed E-state index contributed by atoms with van der Waals surface area (Å²) < 4.78 is 39.4. The van der Waals surface area contributed by atoms with Gasteiger partial charge in [0.15, 0.2) is 0 Å². The second kappa shape index (κ2) is 7.28. The van der Waals surface area contributed by atoms with Gasteiger partial charge in [0.25, 0.3) is 5.91 Å². The zero-order valence-electron chi connectivity index (χ0n) is 13.5. The minimum absolute atomic E-state index is 0.204. The third-order valence-corrected chi connectivity index (χ3v) is 5.97. The van der Waals surface area contributed by atoms with Gasteiger partial charge in [-0.25, -0.2) is 13.4 Å². The summed E-state index contributed by atoms with van der Waals surface area (Å²) in [5.74, 6) is -1.11. The number of pyridine rings is 1. The third kappa shape index (κ3) is 4.02. The van der Waals surface area contributed by atoms with Gasteiger partial charge in [-0.3, -0.25) is 4.79 Å². The zero-order chi connectivity index (χ0) is 17.9. The lowest BCUT2D eigenvalue weighted by atomic mass is 10.2. The first-order valence-electron chi connectivity index (χ1n) is 8.00. The van der Waals surface area contributed by atoms with E-state index < -0.39 is 21.9 Å². The van der Waals surface area contributed by atoms with Gasteiger partial charge in [-0.1, -0.05) is 6.42 Å². The molecule has 8 heteroatoms. The molecule has 1 aliphatic rings. The van der Waals surface area contributed by atoms with Crippen LogP contribution in [0.2, 0.25) is 0 Å². The van der Waals surface area contributed by atoms with Crippen LogP contribution in [0.5, 0.6) is 0 Å². The van der Waals surface area contributed by atoms with E-state index in [1.54, 1.807) is 0 Å². The molecule has 1 saturated heterocycles. The Kier molecular flexibility index (Phi) is 5.10. The van der Waals surface area contributed by atoms with Gasteiger partial charge in [0.1, 0.15) is 0 Å². The van der Waals surface area contributed by atoms with Crippen LogP contribution in [0.15, 0.2) is 47.5 Å². The number of nitrogens with zero attached hydrogens (tertiary/aromatic N) is 2. The summed E-state index contributed by atoms with van der Waals surface area (Å²) >= 11 is 0. The highest BCUT2D eigenvalue weighted by molar-refractivity contribution is 7.89. The summed E-state index contributed by atoms with van der Waals surface area (Å²) in [6.45, 7) is 1.08. The van der Waals surface area contributed by atoms with Crippen molar-refractivity contribution in [3.05, 3.63) is 54.1 Å². The lowest BCUT2D eigenvalue weighted by Gasteiger charge is -2.25. The monoisotopic (exact) mass is 363 g/mol. The maximum atomic E-state index is 12.8. The van der Waals surface area contributed by atoms with E-state index in [0.717, 1.165) is 31.5 Å². The van der Waals surface area contributed by atoms with Crippen molar-refractivity contribution in [2.75, 3.05) is 18.4 Å². The Morgan fingerprint density at radius 3 is 2.32 bits per heavy atom. The standard InChI is InChI=1S/C17H18FN3O3S/c18-16-9-4-13(12-19-16)17(22)20-14-5-7-15(8-6-14)25(23,24)21-10-2-1-3-11-21/h4-9,12H,1-3,10-11H2,(H,20,22). The molecule has 0 atom stereocenters. The first kappa shape index (κ1) is 17.5. The zero-order valence-corrected chi connectivity index (χ0v) is 14.3. The Morgan fingerprint density at radius 2 is 1.72 bits per heavy atom. The first-order valence-corrected chi connectivity index (χ1v) is 9.44. The van der Waals surface area contributed by atoms with Gasteiger partial charge in [0, 0.05) is 25.0 Å². The van der Waals surface area contributed by atoms with E-state index in [1.165, 1.54) is 34.6 Å². The van der Waals surface area contributed by atoms with Crippen molar-refractivity contribution >= 4 is 21.6 Å². The molecule has 25 heavy (non-hydrogen) atoms. The number of halogens is 1. The Morgan fingerprint density at radius 1 is 1.04 bits per heavy atom. The molecule has 2 aromatic rings. The van der Waals surface area contributed by atoms with E-state index in [2.05, 4.69) is 10.3 Å². The molecule has 0 saturated carbocycles. The summed E-state index contributed by atoms with van der Waals surface area (Å²) in [6, 6.07) is 8.44. The molecule has 0 spiro atoms. The molecule has 1 N–H and O–H groups in total. The number of aromatic nitrogens is 1. The average molecular weight is 363 g/mol. The Hall–Kier alpha value is -2.32. The van der Waals surface area contributed by atoms with Crippen molar-refractivity contribution in [3.63, 3.8) is 0 Å². The fourth-order valence-corrected chi connectivity index (χ4v) is 4.20. The van der Waals surface area contributed by atoms with Crippen molar-refractivity contribution < 1.29 is 17.6 Å². The van der Waals surface area contributed by atoms with Crippen LogP contribution >= 0.6 is 0 Å². The number of nitrogens with one attached hydrogen (secondary N) is 1. The molecule has 1 amide bonds. The van der Waals surface area contributed by atoms with Gasteiger partial charge < -0.3 is 5.32 Å². The summed E-state index contributed by atoms with van der Waals surface area (Å²) in [6.07, 6.45) is 3.94. The predicted octanol–water partition coefficient (Wildman–Crippen LogP) is 2.65. The van der Waals surface area contributed by atoms with Gasteiger partial charge in [-0.2, -0.15) is 8.70 Å². The van der Waals surface area contributed by atoms with Gasteiger partial charge >= 0.3 is 0 Å². The van der Waals surface area contributed by atoms with Crippen molar-refractivity contribution in [2.45, 2.75) is 24.2 Å². The van der Waals surface area contributed by atoms with Crippen LogP contribution in [0.1, 0.15) is 29.6 Å². The van der Waals surface area contributed by atoms with Crippen LogP contribution in [0.25, 0.3) is 0 Å². The lowest BCUT2D eigenvalue weighted by Crippen LogP contribution is -2.35. The number of rotatable bonds is 4. The number of hydrogen-bond donors (Lipinski definition) is 1. The fraction of sp³-hybridized carbons (Fsp3) is 0.294. The highest BCUT2D eigenvalue weighted by atomic mass is 32.2. The lowest BCUT2D eigenvalue weighted by molar-refractivity contribution is 0.102. The second-order valence-electron chi connectivity index (χ2n) is 5.81. The van der Waals surface area contributed by atoms with Crippen LogP contribution in [0.4, 0.5) is 10.1 Å². The molecular weight excluding hydrogens is 345 g/mol. The molecule has 1 aliphatic heterocycles. The number of hydrogen-bond acceptors (Lipinski definition) is 4. The molecule has 0 radical (unpaired) electrons. The van der Waals surface area contributed by atoms with Crippen LogP contribution in [0.3, 0.4) is 0 Å².